The number of anilines is 1. The van der Waals surface area contributed by atoms with Crippen LogP contribution in [0.2, 0.25) is 0 Å². The van der Waals surface area contributed by atoms with Gasteiger partial charge >= 0.3 is 0 Å². The molecule has 1 aromatic rings. The highest BCUT2D eigenvalue weighted by atomic mass is 16.2. The van der Waals surface area contributed by atoms with Gasteiger partial charge in [0.1, 0.15) is 5.54 Å². The highest BCUT2D eigenvalue weighted by Gasteiger charge is 2.39. The lowest BCUT2D eigenvalue weighted by atomic mass is 9.96. The van der Waals surface area contributed by atoms with Gasteiger partial charge in [0.05, 0.1) is 5.69 Å². The Kier molecular flexibility index (Phi) is 4.46. The first-order valence-corrected chi connectivity index (χ1v) is 7.60. The van der Waals surface area contributed by atoms with E-state index in [4.69, 9.17) is 5.73 Å². The molecule has 0 spiro atoms. The molecule has 6 nitrogen and oxygen atoms in total. The second-order valence-electron chi connectivity index (χ2n) is 5.81. The number of amides is 1. The van der Waals surface area contributed by atoms with Gasteiger partial charge in [-0.2, -0.15) is 5.10 Å². The average Bonchev–Trinajstić information content (AvgIpc) is 2.48. The fourth-order valence-corrected chi connectivity index (χ4v) is 2.94. The van der Waals surface area contributed by atoms with Crippen LogP contribution in [0.5, 0.6) is 0 Å². The zero-order valence-corrected chi connectivity index (χ0v) is 13.4. The Balaban J connectivity index is 2.55. The number of hydrogen-bond donors (Lipinski definition) is 2. The summed E-state index contributed by atoms with van der Waals surface area (Å²) >= 11 is 0. The highest BCUT2D eigenvalue weighted by molar-refractivity contribution is 5.90. The number of hydrogen-bond acceptors (Lipinski definition) is 5. The predicted molar refractivity (Wildman–Crippen MR) is 83.1 cm³/mol. The van der Waals surface area contributed by atoms with Gasteiger partial charge in [0, 0.05) is 25.2 Å². The summed E-state index contributed by atoms with van der Waals surface area (Å²) in [6.07, 6.45) is 1.71. The number of aromatic nitrogens is 2. The van der Waals surface area contributed by atoms with E-state index in [1.165, 1.54) is 5.56 Å². The van der Waals surface area contributed by atoms with Crippen LogP contribution in [0.3, 0.4) is 0 Å². The summed E-state index contributed by atoms with van der Waals surface area (Å²) in [7, 11) is 0. The monoisotopic (exact) mass is 291 g/mol. The Labute approximate surface area is 126 Å². The Bertz CT molecular complexity index is 541. The maximum absolute atomic E-state index is 12.1. The smallest absolute Gasteiger partial charge is 0.245 e. The van der Waals surface area contributed by atoms with Crippen LogP contribution in [0, 0.1) is 0 Å². The topological polar surface area (TPSA) is 84.1 Å². The Morgan fingerprint density at radius 1 is 1.24 bits per heavy atom. The summed E-state index contributed by atoms with van der Waals surface area (Å²) in [5.41, 5.74) is 8.54. The van der Waals surface area contributed by atoms with Gasteiger partial charge in [-0.05, 0) is 32.3 Å². The minimum Gasteiger partial charge on any atom is -0.352 e. The molecule has 116 valence electrons. The fraction of sp³-hybridized carbons (Fsp3) is 0.667. The zero-order chi connectivity index (χ0) is 15.6. The molecule has 21 heavy (non-hydrogen) atoms. The molecule has 1 amide bonds. The van der Waals surface area contributed by atoms with Crippen molar-refractivity contribution in [1.29, 1.82) is 0 Å². The SMILES string of the molecule is CCc1nnc(N2CCNC(=O)C2(C)C)c(CN)c1CC. The van der Waals surface area contributed by atoms with Crippen molar-refractivity contribution in [3.8, 4) is 0 Å². The third-order valence-electron chi connectivity index (χ3n) is 4.25. The van der Waals surface area contributed by atoms with Gasteiger partial charge in [0.2, 0.25) is 5.91 Å². The molecular formula is C15H25N5O. The van der Waals surface area contributed by atoms with Gasteiger partial charge in [0.25, 0.3) is 0 Å². The van der Waals surface area contributed by atoms with E-state index in [9.17, 15) is 4.79 Å². The third-order valence-corrected chi connectivity index (χ3v) is 4.25. The largest absolute Gasteiger partial charge is 0.352 e. The second kappa shape index (κ2) is 5.97. The predicted octanol–water partition coefficient (Wildman–Crippen LogP) is 0.775. The molecule has 0 bridgehead atoms. The molecule has 1 saturated heterocycles. The summed E-state index contributed by atoms with van der Waals surface area (Å²) in [5.74, 6) is 0.766. The maximum Gasteiger partial charge on any atom is 0.245 e. The summed E-state index contributed by atoms with van der Waals surface area (Å²) < 4.78 is 0. The van der Waals surface area contributed by atoms with Crippen molar-refractivity contribution >= 4 is 11.7 Å². The molecule has 0 saturated carbocycles. The molecule has 1 aliphatic heterocycles. The van der Waals surface area contributed by atoms with Crippen molar-refractivity contribution < 1.29 is 4.79 Å². The molecule has 1 fully saturated rings. The van der Waals surface area contributed by atoms with E-state index in [0.717, 1.165) is 36.5 Å². The Morgan fingerprint density at radius 2 is 1.95 bits per heavy atom. The number of carbonyl (C=O) groups excluding carboxylic acids is 1. The molecule has 2 rings (SSSR count). The Hall–Kier alpha value is -1.69. The zero-order valence-electron chi connectivity index (χ0n) is 13.4. The van der Waals surface area contributed by atoms with Gasteiger partial charge in [-0.1, -0.05) is 13.8 Å². The van der Waals surface area contributed by atoms with Crippen LogP contribution in [0.15, 0.2) is 0 Å². The molecule has 3 N–H and O–H groups in total. The average molecular weight is 291 g/mol. The third kappa shape index (κ3) is 2.60. The van der Waals surface area contributed by atoms with Crippen molar-refractivity contribution in [2.45, 2.75) is 52.6 Å². The molecule has 2 heterocycles. The van der Waals surface area contributed by atoms with Gasteiger partial charge in [-0.15, -0.1) is 5.10 Å². The van der Waals surface area contributed by atoms with Crippen LogP contribution in [-0.2, 0) is 24.2 Å². The number of nitrogens with zero attached hydrogens (tertiary/aromatic N) is 3. The van der Waals surface area contributed by atoms with Crippen LogP contribution >= 0.6 is 0 Å². The van der Waals surface area contributed by atoms with Crippen LogP contribution in [0.1, 0.15) is 44.5 Å². The number of aryl methyl sites for hydroxylation is 1. The number of nitrogens with two attached hydrogens (primary N) is 1. The van der Waals surface area contributed by atoms with Gasteiger partial charge in [0.15, 0.2) is 5.82 Å². The first-order valence-electron chi connectivity index (χ1n) is 7.60. The molecule has 1 aliphatic rings. The molecular weight excluding hydrogens is 266 g/mol. The van der Waals surface area contributed by atoms with E-state index in [1.807, 2.05) is 18.7 Å². The maximum atomic E-state index is 12.1. The standard InChI is InChI=1S/C15H25N5O/c1-5-10-11(9-16)13(19-18-12(10)6-2)20-8-7-17-14(21)15(20,3)4/h5-9,16H2,1-4H3,(H,17,21). The van der Waals surface area contributed by atoms with Crippen molar-refractivity contribution in [3.05, 3.63) is 16.8 Å². The summed E-state index contributed by atoms with van der Waals surface area (Å²) in [4.78, 5) is 14.2. The summed E-state index contributed by atoms with van der Waals surface area (Å²) in [5, 5.41) is 11.7. The van der Waals surface area contributed by atoms with E-state index in [0.29, 0.717) is 13.1 Å². The lowest BCUT2D eigenvalue weighted by molar-refractivity contribution is -0.126. The summed E-state index contributed by atoms with van der Waals surface area (Å²) in [6.45, 7) is 9.73. The molecule has 0 radical (unpaired) electrons. The van der Waals surface area contributed by atoms with E-state index >= 15 is 0 Å². The molecule has 0 aromatic carbocycles. The van der Waals surface area contributed by atoms with Crippen LogP contribution in [0.25, 0.3) is 0 Å². The summed E-state index contributed by atoms with van der Waals surface area (Å²) in [6, 6.07) is 0. The first kappa shape index (κ1) is 15.7. The minimum atomic E-state index is -0.643. The lowest BCUT2D eigenvalue weighted by Gasteiger charge is -2.42. The number of nitrogens with one attached hydrogen (secondary N) is 1. The molecule has 6 heteroatoms. The molecule has 0 aliphatic carbocycles. The van der Waals surface area contributed by atoms with Gasteiger partial charge in [-0.25, -0.2) is 0 Å². The number of rotatable bonds is 4. The van der Waals surface area contributed by atoms with Crippen molar-refractivity contribution in [2.24, 2.45) is 5.73 Å². The van der Waals surface area contributed by atoms with Crippen molar-refractivity contribution in [3.63, 3.8) is 0 Å². The van der Waals surface area contributed by atoms with Crippen molar-refractivity contribution in [2.75, 3.05) is 18.0 Å². The minimum absolute atomic E-state index is 0.0103. The lowest BCUT2D eigenvalue weighted by Crippen LogP contribution is -2.62. The van der Waals surface area contributed by atoms with Gasteiger partial charge in [-0.3, -0.25) is 4.79 Å². The first-order chi connectivity index (χ1) is 9.97. The van der Waals surface area contributed by atoms with Crippen molar-refractivity contribution in [1.82, 2.24) is 15.5 Å². The Morgan fingerprint density at radius 3 is 2.52 bits per heavy atom. The number of carbonyl (C=O) groups is 1. The molecule has 0 unspecified atom stereocenters. The van der Waals surface area contributed by atoms with E-state index in [-0.39, 0.29) is 5.91 Å². The van der Waals surface area contributed by atoms with E-state index in [2.05, 4.69) is 29.4 Å². The quantitative estimate of drug-likeness (QED) is 0.856. The van der Waals surface area contributed by atoms with E-state index < -0.39 is 5.54 Å². The van der Waals surface area contributed by atoms with Crippen LogP contribution in [0.4, 0.5) is 5.82 Å². The second-order valence-corrected chi connectivity index (χ2v) is 5.81. The van der Waals surface area contributed by atoms with Gasteiger partial charge < -0.3 is 16.0 Å². The van der Waals surface area contributed by atoms with Crippen LogP contribution in [-0.4, -0.2) is 34.7 Å². The number of piperazine rings is 1. The normalized spacial score (nSPS) is 17.8. The molecule has 1 aromatic heterocycles. The van der Waals surface area contributed by atoms with E-state index in [1.54, 1.807) is 0 Å². The highest BCUT2D eigenvalue weighted by Crippen LogP contribution is 2.30. The fourth-order valence-electron chi connectivity index (χ4n) is 2.94. The van der Waals surface area contributed by atoms with Crippen LogP contribution < -0.4 is 16.0 Å². The molecule has 0 atom stereocenters.